The van der Waals surface area contributed by atoms with E-state index in [-0.39, 0.29) is 0 Å². The highest BCUT2D eigenvalue weighted by molar-refractivity contribution is 9.11. The first-order valence-corrected chi connectivity index (χ1v) is 6.80. The van der Waals surface area contributed by atoms with Crippen LogP contribution in [0, 0.1) is 11.8 Å². The second-order valence-electron chi connectivity index (χ2n) is 2.36. The van der Waals surface area contributed by atoms with Crippen molar-refractivity contribution in [3.8, 4) is 11.8 Å². The fourth-order valence-corrected chi connectivity index (χ4v) is 1.98. The number of hydrogen-bond donors (Lipinski definition) is 0. The standard InChI is InChI=1S/C7H7NOS.C3H2BrNS/c1-9-5-2-3-7-8-4-6-10-7;4-3-5-1-2-6-3/h4,6H,5H2,1H3;1-2H. The van der Waals surface area contributed by atoms with Gasteiger partial charge in [-0.05, 0) is 21.9 Å². The number of thiazole rings is 2. The van der Waals surface area contributed by atoms with Crippen molar-refractivity contribution in [3.63, 3.8) is 0 Å². The zero-order chi connectivity index (χ0) is 11.6. The Morgan fingerprint density at radius 1 is 1.31 bits per heavy atom. The molecule has 0 amide bonds. The summed E-state index contributed by atoms with van der Waals surface area (Å²) in [6, 6.07) is 0. The monoisotopic (exact) mass is 316 g/mol. The normalized spacial score (nSPS) is 8.62. The third-order valence-electron chi connectivity index (χ3n) is 1.25. The highest BCUT2D eigenvalue weighted by atomic mass is 79.9. The number of halogens is 1. The molecule has 0 saturated carbocycles. The number of ether oxygens (including phenoxy) is 1. The first-order valence-electron chi connectivity index (χ1n) is 4.25. The number of aromatic nitrogens is 2. The van der Waals surface area contributed by atoms with E-state index in [1.54, 1.807) is 30.8 Å². The summed E-state index contributed by atoms with van der Waals surface area (Å²) in [5, 5.41) is 4.66. The highest BCUT2D eigenvalue weighted by Crippen LogP contribution is 2.10. The Balaban J connectivity index is 0.000000181. The SMILES string of the molecule is Brc1nccs1.COCC#Cc1nccs1. The van der Waals surface area contributed by atoms with E-state index in [1.807, 2.05) is 10.8 Å². The molecule has 0 radical (unpaired) electrons. The molecule has 0 spiro atoms. The lowest BCUT2D eigenvalue weighted by Gasteiger charge is -1.80. The van der Waals surface area contributed by atoms with Crippen LogP contribution in [0.4, 0.5) is 0 Å². The molecule has 3 nitrogen and oxygen atoms in total. The van der Waals surface area contributed by atoms with E-state index in [2.05, 4.69) is 37.7 Å². The van der Waals surface area contributed by atoms with Crippen LogP contribution in [0.3, 0.4) is 0 Å². The van der Waals surface area contributed by atoms with Gasteiger partial charge in [0.1, 0.15) is 6.61 Å². The predicted octanol–water partition coefficient (Wildman–Crippen LogP) is 3.05. The van der Waals surface area contributed by atoms with E-state index in [4.69, 9.17) is 4.74 Å². The molecule has 2 aromatic heterocycles. The van der Waals surface area contributed by atoms with Crippen molar-refractivity contribution < 1.29 is 4.74 Å². The first-order chi connectivity index (χ1) is 7.83. The molecule has 0 aliphatic rings. The molecule has 0 fully saturated rings. The van der Waals surface area contributed by atoms with E-state index in [0.29, 0.717) is 6.61 Å². The molecular weight excluding hydrogens is 308 g/mol. The van der Waals surface area contributed by atoms with E-state index in [0.717, 1.165) is 8.92 Å². The summed E-state index contributed by atoms with van der Waals surface area (Å²) in [5.41, 5.74) is 0. The second kappa shape index (κ2) is 8.42. The minimum atomic E-state index is 0.472. The molecular formula is C10H9BrN2OS2. The van der Waals surface area contributed by atoms with Crippen molar-refractivity contribution in [3.05, 3.63) is 32.1 Å². The maximum absolute atomic E-state index is 4.74. The van der Waals surface area contributed by atoms with Gasteiger partial charge in [-0.3, -0.25) is 0 Å². The second-order valence-corrected chi connectivity index (χ2v) is 5.42. The Labute approximate surface area is 111 Å². The van der Waals surface area contributed by atoms with Crippen LogP contribution in [-0.2, 0) is 4.74 Å². The molecule has 0 aliphatic carbocycles. The molecule has 2 rings (SSSR count). The third-order valence-corrected chi connectivity index (χ3v) is 3.26. The number of methoxy groups -OCH3 is 1. The quantitative estimate of drug-likeness (QED) is 0.758. The van der Waals surface area contributed by atoms with Crippen LogP contribution in [0.2, 0.25) is 0 Å². The summed E-state index contributed by atoms with van der Waals surface area (Å²) in [5.74, 6) is 5.67. The molecule has 0 N–H and O–H groups in total. The smallest absolute Gasteiger partial charge is 0.166 e. The van der Waals surface area contributed by atoms with Gasteiger partial charge in [0.2, 0.25) is 0 Å². The van der Waals surface area contributed by atoms with Gasteiger partial charge in [0.25, 0.3) is 0 Å². The van der Waals surface area contributed by atoms with Crippen LogP contribution in [0.5, 0.6) is 0 Å². The highest BCUT2D eigenvalue weighted by Gasteiger charge is 1.83. The lowest BCUT2D eigenvalue weighted by atomic mass is 10.6. The van der Waals surface area contributed by atoms with Gasteiger partial charge in [0, 0.05) is 30.3 Å². The molecule has 0 aromatic carbocycles. The molecule has 84 valence electrons. The minimum absolute atomic E-state index is 0.472. The molecule has 2 aromatic rings. The number of hydrogen-bond acceptors (Lipinski definition) is 5. The Morgan fingerprint density at radius 2 is 2.06 bits per heavy atom. The molecule has 0 bridgehead atoms. The average Bonchev–Trinajstić information content (AvgIpc) is 2.92. The molecule has 0 aliphatic heterocycles. The van der Waals surface area contributed by atoms with E-state index in [1.165, 1.54) is 11.3 Å². The van der Waals surface area contributed by atoms with Crippen LogP contribution in [-0.4, -0.2) is 23.7 Å². The Bertz CT molecular complexity index is 431. The van der Waals surface area contributed by atoms with Crippen LogP contribution >= 0.6 is 38.6 Å². The third kappa shape index (κ3) is 5.98. The largest absolute Gasteiger partial charge is 0.372 e. The van der Waals surface area contributed by atoms with Crippen molar-refractivity contribution in [1.82, 2.24) is 9.97 Å². The van der Waals surface area contributed by atoms with Crippen molar-refractivity contribution in [2.24, 2.45) is 0 Å². The van der Waals surface area contributed by atoms with Crippen molar-refractivity contribution in [2.75, 3.05) is 13.7 Å². The van der Waals surface area contributed by atoms with Crippen LogP contribution < -0.4 is 0 Å². The van der Waals surface area contributed by atoms with Crippen LogP contribution in [0.25, 0.3) is 0 Å². The minimum Gasteiger partial charge on any atom is -0.372 e. The lowest BCUT2D eigenvalue weighted by Crippen LogP contribution is -1.80. The van der Waals surface area contributed by atoms with Crippen molar-refractivity contribution in [2.45, 2.75) is 0 Å². The van der Waals surface area contributed by atoms with E-state index >= 15 is 0 Å². The van der Waals surface area contributed by atoms with Crippen LogP contribution in [0.15, 0.2) is 27.1 Å². The van der Waals surface area contributed by atoms with E-state index in [9.17, 15) is 0 Å². The zero-order valence-electron chi connectivity index (χ0n) is 8.51. The van der Waals surface area contributed by atoms with Gasteiger partial charge < -0.3 is 4.74 Å². The maximum atomic E-state index is 4.74. The van der Waals surface area contributed by atoms with Gasteiger partial charge in [-0.2, -0.15) is 0 Å². The Morgan fingerprint density at radius 3 is 2.50 bits per heavy atom. The topological polar surface area (TPSA) is 35.0 Å². The summed E-state index contributed by atoms with van der Waals surface area (Å²) >= 11 is 6.31. The fourth-order valence-electron chi connectivity index (χ4n) is 0.675. The number of nitrogens with zero attached hydrogens (tertiary/aromatic N) is 2. The van der Waals surface area contributed by atoms with E-state index < -0.39 is 0 Å². The summed E-state index contributed by atoms with van der Waals surface area (Å²) in [6.07, 6.45) is 3.50. The molecule has 16 heavy (non-hydrogen) atoms. The van der Waals surface area contributed by atoms with Gasteiger partial charge in [-0.1, -0.05) is 5.92 Å². The summed E-state index contributed by atoms with van der Waals surface area (Å²) in [6.45, 7) is 0.472. The van der Waals surface area contributed by atoms with Gasteiger partial charge >= 0.3 is 0 Å². The molecule has 0 atom stereocenters. The van der Waals surface area contributed by atoms with Gasteiger partial charge in [0.15, 0.2) is 8.92 Å². The molecule has 6 heteroatoms. The molecule has 0 unspecified atom stereocenters. The van der Waals surface area contributed by atoms with Crippen molar-refractivity contribution in [1.29, 1.82) is 0 Å². The molecule has 2 heterocycles. The van der Waals surface area contributed by atoms with Crippen LogP contribution in [0.1, 0.15) is 5.01 Å². The number of rotatable bonds is 1. The summed E-state index contributed by atoms with van der Waals surface area (Å²) in [7, 11) is 1.62. The fraction of sp³-hybridized carbons (Fsp3) is 0.200. The van der Waals surface area contributed by atoms with Gasteiger partial charge in [-0.15, -0.1) is 22.7 Å². The average molecular weight is 317 g/mol. The lowest BCUT2D eigenvalue weighted by molar-refractivity contribution is 0.240. The van der Waals surface area contributed by atoms with Gasteiger partial charge in [-0.25, -0.2) is 9.97 Å². The molecule has 0 saturated heterocycles. The van der Waals surface area contributed by atoms with Gasteiger partial charge in [0.05, 0.1) is 0 Å². The zero-order valence-corrected chi connectivity index (χ0v) is 11.7. The van der Waals surface area contributed by atoms with Crippen molar-refractivity contribution >= 4 is 38.6 Å². The Hall–Kier alpha value is -0.740. The first kappa shape index (κ1) is 13.3. The summed E-state index contributed by atoms with van der Waals surface area (Å²) in [4.78, 5) is 7.83. The predicted molar refractivity (Wildman–Crippen MR) is 70.7 cm³/mol. The summed E-state index contributed by atoms with van der Waals surface area (Å²) < 4.78 is 5.69. The maximum Gasteiger partial charge on any atom is 0.166 e. The Kier molecular flexibility index (Phi) is 7.01.